The van der Waals surface area contributed by atoms with Gasteiger partial charge in [-0.1, -0.05) is 42.0 Å². The number of hydrogen-bond acceptors (Lipinski definition) is 3. The number of benzene rings is 2. The van der Waals surface area contributed by atoms with E-state index in [-0.39, 0.29) is 12.3 Å². The minimum absolute atomic E-state index is 0.0908. The first-order valence-corrected chi connectivity index (χ1v) is 9.35. The van der Waals surface area contributed by atoms with Gasteiger partial charge in [-0.05, 0) is 37.5 Å². The van der Waals surface area contributed by atoms with E-state index in [9.17, 15) is 4.79 Å². The van der Waals surface area contributed by atoms with Gasteiger partial charge in [0.25, 0.3) is 0 Å². The van der Waals surface area contributed by atoms with Crippen molar-refractivity contribution in [3.8, 4) is 0 Å². The smallest absolute Gasteiger partial charge is 0.230 e. The number of carbonyl (C=O) groups excluding carboxylic acids is 1. The molecular formula is C23H23N3O2. The highest BCUT2D eigenvalue weighted by Gasteiger charge is 2.14. The number of rotatable bonds is 5. The minimum atomic E-state index is -0.0908. The first kappa shape index (κ1) is 18.0. The largest absolute Gasteiger partial charge is 0.464 e. The van der Waals surface area contributed by atoms with E-state index >= 15 is 0 Å². The molecule has 28 heavy (non-hydrogen) atoms. The molecule has 5 nitrogen and oxygen atoms in total. The summed E-state index contributed by atoms with van der Waals surface area (Å²) in [4.78, 5) is 12.6. The SMILES string of the molecule is Cc1cccc(Cn2nccc2NC(=O)Cc2coc3c(C)c(C)ccc23)c1. The van der Waals surface area contributed by atoms with Gasteiger partial charge in [0.2, 0.25) is 5.91 Å². The Bertz CT molecular complexity index is 1150. The van der Waals surface area contributed by atoms with Crippen molar-refractivity contribution in [2.24, 2.45) is 0 Å². The van der Waals surface area contributed by atoms with Crippen molar-refractivity contribution < 1.29 is 9.21 Å². The van der Waals surface area contributed by atoms with Crippen LogP contribution in [0.2, 0.25) is 0 Å². The molecule has 0 radical (unpaired) electrons. The van der Waals surface area contributed by atoms with Crippen molar-refractivity contribution in [3.05, 3.63) is 82.7 Å². The van der Waals surface area contributed by atoms with Crippen LogP contribution in [0.3, 0.4) is 0 Å². The molecule has 4 rings (SSSR count). The summed E-state index contributed by atoms with van der Waals surface area (Å²) >= 11 is 0. The van der Waals surface area contributed by atoms with Crippen molar-refractivity contribution in [2.75, 3.05) is 5.32 Å². The molecule has 1 N–H and O–H groups in total. The molecule has 2 aromatic heterocycles. The molecule has 0 fully saturated rings. The number of hydrogen-bond donors (Lipinski definition) is 1. The second kappa shape index (κ2) is 7.35. The van der Waals surface area contributed by atoms with Crippen molar-refractivity contribution in [1.82, 2.24) is 9.78 Å². The van der Waals surface area contributed by atoms with Crippen LogP contribution in [0.15, 0.2) is 59.3 Å². The van der Waals surface area contributed by atoms with E-state index in [1.165, 1.54) is 11.1 Å². The number of nitrogens with one attached hydrogen (secondary N) is 1. The van der Waals surface area contributed by atoms with Crippen LogP contribution in [-0.2, 0) is 17.8 Å². The normalized spacial score (nSPS) is 11.1. The zero-order valence-electron chi connectivity index (χ0n) is 16.3. The lowest BCUT2D eigenvalue weighted by molar-refractivity contribution is -0.115. The van der Waals surface area contributed by atoms with Crippen LogP contribution < -0.4 is 5.32 Å². The number of aryl methyl sites for hydroxylation is 3. The third-order valence-corrected chi connectivity index (χ3v) is 5.09. The molecule has 5 heteroatoms. The van der Waals surface area contributed by atoms with Crippen molar-refractivity contribution in [1.29, 1.82) is 0 Å². The zero-order valence-corrected chi connectivity index (χ0v) is 16.3. The van der Waals surface area contributed by atoms with Gasteiger partial charge < -0.3 is 9.73 Å². The fraction of sp³-hybridized carbons (Fsp3) is 0.217. The second-order valence-corrected chi connectivity index (χ2v) is 7.23. The third-order valence-electron chi connectivity index (χ3n) is 5.09. The fourth-order valence-corrected chi connectivity index (χ4v) is 3.43. The highest BCUT2D eigenvalue weighted by Crippen LogP contribution is 2.27. The molecule has 0 aliphatic heterocycles. The summed E-state index contributed by atoms with van der Waals surface area (Å²) in [6.45, 7) is 6.76. The molecule has 0 bridgehead atoms. The summed E-state index contributed by atoms with van der Waals surface area (Å²) < 4.78 is 7.51. The Morgan fingerprint density at radius 2 is 2.00 bits per heavy atom. The number of nitrogens with zero attached hydrogens (tertiary/aromatic N) is 2. The summed E-state index contributed by atoms with van der Waals surface area (Å²) in [6, 6.07) is 14.2. The lowest BCUT2D eigenvalue weighted by atomic mass is 10.0. The maximum atomic E-state index is 12.6. The van der Waals surface area contributed by atoms with E-state index in [0.29, 0.717) is 12.4 Å². The summed E-state index contributed by atoms with van der Waals surface area (Å²) in [5.74, 6) is 0.596. The Morgan fingerprint density at radius 3 is 2.82 bits per heavy atom. The number of aromatic nitrogens is 2. The number of amides is 1. The molecule has 0 aliphatic rings. The number of fused-ring (bicyclic) bond motifs is 1. The maximum absolute atomic E-state index is 12.6. The number of anilines is 1. The molecule has 0 atom stereocenters. The van der Waals surface area contributed by atoms with Gasteiger partial charge in [0.1, 0.15) is 11.4 Å². The van der Waals surface area contributed by atoms with Gasteiger partial charge >= 0.3 is 0 Å². The van der Waals surface area contributed by atoms with Crippen LogP contribution in [-0.4, -0.2) is 15.7 Å². The Hall–Kier alpha value is -3.34. The van der Waals surface area contributed by atoms with Crippen LogP contribution in [0.4, 0.5) is 5.82 Å². The molecule has 0 aliphatic carbocycles. The molecule has 2 aromatic carbocycles. The monoisotopic (exact) mass is 373 g/mol. The lowest BCUT2D eigenvalue weighted by Crippen LogP contribution is -2.18. The Morgan fingerprint density at radius 1 is 1.14 bits per heavy atom. The summed E-state index contributed by atoms with van der Waals surface area (Å²) in [5, 5.41) is 8.31. The molecule has 0 saturated carbocycles. The lowest BCUT2D eigenvalue weighted by Gasteiger charge is -2.09. The van der Waals surface area contributed by atoms with Crippen LogP contribution in [0.1, 0.15) is 27.8 Å². The topological polar surface area (TPSA) is 60.1 Å². The van der Waals surface area contributed by atoms with E-state index < -0.39 is 0 Å². The highest BCUT2D eigenvalue weighted by molar-refractivity contribution is 5.95. The molecule has 1 amide bonds. The molecular weight excluding hydrogens is 350 g/mol. The van der Waals surface area contributed by atoms with E-state index in [4.69, 9.17) is 4.42 Å². The van der Waals surface area contributed by atoms with Crippen LogP contribution in [0, 0.1) is 20.8 Å². The Kier molecular flexibility index (Phi) is 4.74. The van der Waals surface area contributed by atoms with Crippen molar-refractivity contribution in [3.63, 3.8) is 0 Å². The Balaban J connectivity index is 1.49. The summed E-state index contributed by atoms with van der Waals surface area (Å²) in [7, 11) is 0. The van der Waals surface area contributed by atoms with E-state index in [1.807, 2.05) is 25.1 Å². The molecule has 0 spiro atoms. The van der Waals surface area contributed by atoms with Gasteiger partial charge in [-0.25, -0.2) is 4.68 Å². The highest BCUT2D eigenvalue weighted by atomic mass is 16.3. The predicted octanol–water partition coefficient (Wildman–Crippen LogP) is 4.78. The Labute approximate surface area is 164 Å². The number of furan rings is 1. The van der Waals surface area contributed by atoms with Crippen LogP contribution in [0.25, 0.3) is 11.0 Å². The summed E-state index contributed by atoms with van der Waals surface area (Å²) in [6.07, 6.45) is 3.64. The quantitative estimate of drug-likeness (QED) is 0.547. The van der Waals surface area contributed by atoms with E-state index in [2.05, 4.69) is 48.5 Å². The first-order valence-electron chi connectivity index (χ1n) is 9.35. The van der Waals surface area contributed by atoms with E-state index in [1.54, 1.807) is 17.1 Å². The standard InChI is InChI=1S/C23H23N3O2/c1-15-5-4-6-18(11-15)13-26-21(9-10-24-26)25-22(27)12-19-14-28-23-17(3)16(2)7-8-20(19)23/h4-11,14H,12-13H2,1-3H3,(H,25,27). The van der Waals surface area contributed by atoms with Crippen molar-refractivity contribution in [2.45, 2.75) is 33.7 Å². The minimum Gasteiger partial charge on any atom is -0.464 e. The van der Waals surface area contributed by atoms with Crippen LogP contribution in [0.5, 0.6) is 0 Å². The van der Waals surface area contributed by atoms with Gasteiger partial charge in [-0.15, -0.1) is 0 Å². The molecule has 0 unspecified atom stereocenters. The fourth-order valence-electron chi connectivity index (χ4n) is 3.43. The second-order valence-electron chi connectivity index (χ2n) is 7.23. The molecule has 2 heterocycles. The predicted molar refractivity (Wildman–Crippen MR) is 111 cm³/mol. The zero-order chi connectivity index (χ0) is 19.7. The molecule has 4 aromatic rings. The average molecular weight is 373 g/mol. The summed E-state index contributed by atoms with van der Waals surface area (Å²) in [5.41, 5.74) is 6.38. The van der Waals surface area contributed by atoms with Gasteiger partial charge in [0.15, 0.2) is 0 Å². The van der Waals surface area contributed by atoms with Gasteiger partial charge in [-0.3, -0.25) is 4.79 Å². The molecule has 142 valence electrons. The van der Waals surface area contributed by atoms with E-state index in [0.717, 1.165) is 27.7 Å². The first-order chi connectivity index (χ1) is 13.5. The van der Waals surface area contributed by atoms with Gasteiger partial charge in [0.05, 0.1) is 25.4 Å². The third kappa shape index (κ3) is 3.56. The maximum Gasteiger partial charge on any atom is 0.230 e. The van der Waals surface area contributed by atoms with Gasteiger partial charge in [-0.2, -0.15) is 5.10 Å². The molecule has 0 saturated heterocycles. The van der Waals surface area contributed by atoms with Crippen LogP contribution >= 0.6 is 0 Å². The van der Waals surface area contributed by atoms with Crippen molar-refractivity contribution >= 4 is 22.7 Å². The van der Waals surface area contributed by atoms with Gasteiger partial charge in [0, 0.05) is 17.0 Å². The average Bonchev–Trinajstić information content (AvgIpc) is 3.26. The number of carbonyl (C=O) groups is 1.